The lowest BCUT2D eigenvalue weighted by Crippen LogP contribution is -2.53. The molecule has 0 aliphatic rings. The van der Waals surface area contributed by atoms with E-state index in [1.165, 1.54) is 7.11 Å². The summed E-state index contributed by atoms with van der Waals surface area (Å²) in [5, 5.41) is 0. The molecule has 0 rings (SSSR count). The van der Waals surface area contributed by atoms with Crippen molar-refractivity contribution < 1.29 is 14.3 Å². The normalized spacial score (nSPS) is 12.7. The third-order valence-corrected chi connectivity index (χ3v) is 3.08. The maximum atomic E-state index is 12.2. The summed E-state index contributed by atoms with van der Waals surface area (Å²) in [6.45, 7) is 10.4. The van der Waals surface area contributed by atoms with Crippen LogP contribution in [-0.4, -0.2) is 36.5 Å². The largest absolute Gasteiger partial charge is 0.467 e. The Bertz CT molecular complexity index is 374. The van der Waals surface area contributed by atoms with Crippen molar-refractivity contribution in [2.24, 2.45) is 11.3 Å². The molecule has 0 fully saturated rings. The number of rotatable bonds is 6. The van der Waals surface area contributed by atoms with Gasteiger partial charge in [0.1, 0.15) is 6.04 Å². The number of terminal acetylenes is 1. The van der Waals surface area contributed by atoms with E-state index in [-0.39, 0.29) is 12.3 Å². The summed E-state index contributed by atoms with van der Waals surface area (Å²) >= 11 is 0. The summed E-state index contributed by atoms with van der Waals surface area (Å²) in [4.78, 5) is 25.9. The fourth-order valence-corrected chi connectivity index (χ4v) is 2.04. The SMILES string of the molecule is C#CCC(=O)N(CCC(C)C)C(C(=O)OC)C(C)(C)C. The van der Waals surface area contributed by atoms with Crippen LogP contribution >= 0.6 is 0 Å². The highest BCUT2D eigenvalue weighted by atomic mass is 16.5. The first-order chi connectivity index (χ1) is 9.15. The third kappa shape index (κ3) is 5.64. The van der Waals surface area contributed by atoms with Crippen molar-refractivity contribution in [3.63, 3.8) is 0 Å². The summed E-state index contributed by atoms with van der Waals surface area (Å²) in [6.07, 6.45) is 6.05. The first-order valence-electron chi connectivity index (χ1n) is 6.95. The van der Waals surface area contributed by atoms with Crippen LogP contribution in [0.3, 0.4) is 0 Å². The van der Waals surface area contributed by atoms with Crippen LogP contribution in [0.15, 0.2) is 0 Å². The molecule has 0 saturated heterocycles. The monoisotopic (exact) mass is 281 g/mol. The van der Waals surface area contributed by atoms with Crippen LogP contribution in [0.25, 0.3) is 0 Å². The highest BCUT2D eigenvalue weighted by molar-refractivity contribution is 5.86. The van der Waals surface area contributed by atoms with Gasteiger partial charge in [-0.25, -0.2) is 4.79 Å². The Morgan fingerprint density at radius 3 is 2.20 bits per heavy atom. The van der Waals surface area contributed by atoms with Gasteiger partial charge in [0, 0.05) is 6.54 Å². The average molecular weight is 281 g/mol. The van der Waals surface area contributed by atoms with Gasteiger partial charge in [0.2, 0.25) is 5.91 Å². The predicted octanol–water partition coefficient (Wildman–Crippen LogP) is 2.47. The van der Waals surface area contributed by atoms with E-state index in [2.05, 4.69) is 19.8 Å². The molecular formula is C16H27NO3. The Balaban J connectivity index is 5.35. The minimum Gasteiger partial charge on any atom is -0.467 e. The molecule has 4 nitrogen and oxygen atoms in total. The van der Waals surface area contributed by atoms with Crippen LogP contribution in [0, 0.1) is 23.7 Å². The van der Waals surface area contributed by atoms with E-state index in [4.69, 9.17) is 11.2 Å². The Morgan fingerprint density at radius 2 is 1.85 bits per heavy atom. The Kier molecular flexibility index (Phi) is 7.34. The van der Waals surface area contributed by atoms with Crippen LogP contribution in [0.5, 0.6) is 0 Å². The molecular weight excluding hydrogens is 254 g/mol. The molecule has 0 radical (unpaired) electrons. The molecule has 1 atom stereocenters. The second-order valence-corrected chi connectivity index (χ2v) is 6.44. The zero-order valence-electron chi connectivity index (χ0n) is 13.5. The van der Waals surface area contributed by atoms with Crippen LogP contribution in [-0.2, 0) is 14.3 Å². The predicted molar refractivity (Wildman–Crippen MR) is 79.9 cm³/mol. The Morgan fingerprint density at radius 1 is 1.30 bits per heavy atom. The molecule has 0 N–H and O–H groups in total. The molecule has 0 spiro atoms. The van der Waals surface area contributed by atoms with Crippen LogP contribution in [0.4, 0.5) is 0 Å². The van der Waals surface area contributed by atoms with Crippen molar-refractivity contribution in [2.75, 3.05) is 13.7 Å². The fourth-order valence-electron chi connectivity index (χ4n) is 2.04. The Labute approximate surface area is 122 Å². The minimum atomic E-state index is -0.618. The third-order valence-electron chi connectivity index (χ3n) is 3.08. The number of methoxy groups -OCH3 is 1. The molecule has 0 saturated carbocycles. The van der Waals surface area contributed by atoms with Gasteiger partial charge in [-0.3, -0.25) is 4.79 Å². The van der Waals surface area contributed by atoms with Gasteiger partial charge >= 0.3 is 5.97 Å². The van der Waals surface area contributed by atoms with Gasteiger partial charge in [-0.05, 0) is 17.8 Å². The van der Waals surface area contributed by atoms with E-state index < -0.39 is 17.4 Å². The molecule has 0 aromatic heterocycles. The van der Waals surface area contributed by atoms with Crippen molar-refractivity contribution in [3.05, 3.63) is 0 Å². The summed E-state index contributed by atoms with van der Waals surface area (Å²) in [5.41, 5.74) is -0.408. The maximum Gasteiger partial charge on any atom is 0.329 e. The Hall–Kier alpha value is -1.50. The zero-order valence-corrected chi connectivity index (χ0v) is 13.5. The smallest absolute Gasteiger partial charge is 0.329 e. The lowest BCUT2D eigenvalue weighted by atomic mass is 9.85. The zero-order chi connectivity index (χ0) is 15.9. The molecule has 0 aromatic rings. The lowest BCUT2D eigenvalue weighted by Gasteiger charge is -2.38. The number of hydrogen-bond acceptors (Lipinski definition) is 3. The van der Waals surface area contributed by atoms with Crippen LogP contribution in [0.2, 0.25) is 0 Å². The van der Waals surface area contributed by atoms with E-state index in [0.29, 0.717) is 12.5 Å². The van der Waals surface area contributed by atoms with Crippen molar-refractivity contribution in [1.82, 2.24) is 4.90 Å². The first-order valence-corrected chi connectivity index (χ1v) is 6.95. The molecule has 20 heavy (non-hydrogen) atoms. The van der Waals surface area contributed by atoms with Gasteiger partial charge in [0.15, 0.2) is 0 Å². The topological polar surface area (TPSA) is 46.6 Å². The van der Waals surface area contributed by atoms with Gasteiger partial charge in [-0.2, -0.15) is 0 Å². The number of nitrogens with zero attached hydrogens (tertiary/aromatic N) is 1. The summed E-state index contributed by atoms with van der Waals surface area (Å²) in [7, 11) is 1.34. The van der Waals surface area contributed by atoms with Crippen LogP contribution < -0.4 is 0 Å². The fraction of sp³-hybridized carbons (Fsp3) is 0.750. The summed E-state index contributed by atoms with van der Waals surface area (Å²) < 4.78 is 4.87. The molecule has 1 amide bonds. The highest BCUT2D eigenvalue weighted by Gasteiger charge is 2.39. The molecule has 0 bridgehead atoms. The lowest BCUT2D eigenvalue weighted by molar-refractivity contribution is -0.157. The van der Waals surface area contributed by atoms with Gasteiger partial charge in [0.05, 0.1) is 13.5 Å². The van der Waals surface area contributed by atoms with E-state index in [0.717, 1.165) is 6.42 Å². The molecule has 114 valence electrons. The van der Waals surface area contributed by atoms with Gasteiger partial charge in [-0.15, -0.1) is 6.42 Å². The van der Waals surface area contributed by atoms with E-state index in [1.807, 2.05) is 20.8 Å². The van der Waals surface area contributed by atoms with Crippen LogP contribution in [0.1, 0.15) is 47.5 Å². The van der Waals surface area contributed by atoms with E-state index >= 15 is 0 Å². The van der Waals surface area contributed by atoms with E-state index in [1.54, 1.807) is 4.90 Å². The molecule has 0 aromatic carbocycles. The number of carbonyl (C=O) groups is 2. The number of carbonyl (C=O) groups excluding carboxylic acids is 2. The minimum absolute atomic E-state index is 0.00166. The molecule has 0 aliphatic carbocycles. The number of ether oxygens (including phenoxy) is 1. The summed E-state index contributed by atoms with van der Waals surface area (Å²) in [6, 6.07) is -0.618. The van der Waals surface area contributed by atoms with Gasteiger partial charge < -0.3 is 9.64 Å². The van der Waals surface area contributed by atoms with Gasteiger partial charge in [0.25, 0.3) is 0 Å². The quantitative estimate of drug-likeness (QED) is 0.555. The van der Waals surface area contributed by atoms with E-state index in [9.17, 15) is 9.59 Å². The number of amides is 1. The highest BCUT2D eigenvalue weighted by Crippen LogP contribution is 2.27. The van der Waals surface area contributed by atoms with Crippen molar-refractivity contribution in [1.29, 1.82) is 0 Å². The molecule has 0 heterocycles. The average Bonchev–Trinajstić information content (AvgIpc) is 2.31. The maximum absolute atomic E-state index is 12.2. The van der Waals surface area contributed by atoms with Crippen molar-refractivity contribution >= 4 is 11.9 Å². The van der Waals surface area contributed by atoms with Gasteiger partial charge in [-0.1, -0.05) is 40.5 Å². The molecule has 1 unspecified atom stereocenters. The van der Waals surface area contributed by atoms with Crippen molar-refractivity contribution in [3.8, 4) is 12.3 Å². The molecule has 0 aliphatic heterocycles. The standard InChI is InChI=1S/C16H27NO3/c1-8-9-13(18)17(11-10-12(2)3)14(15(19)20-7)16(4,5)6/h1,12,14H,9-11H2,2-7H3. The van der Waals surface area contributed by atoms with Crippen molar-refractivity contribution in [2.45, 2.75) is 53.5 Å². The molecule has 4 heteroatoms. The summed E-state index contributed by atoms with van der Waals surface area (Å²) in [5.74, 6) is 2.20. The first kappa shape index (κ1) is 18.5. The number of hydrogen-bond donors (Lipinski definition) is 0. The second kappa shape index (κ2) is 7.94. The second-order valence-electron chi connectivity index (χ2n) is 6.44. The number of esters is 1.